The van der Waals surface area contributed by atoms with E-state index >= 15 is 0 Å². The molecule has 0 bridgehead atoms. The minimum Gasteiger partial charge on any atom is -0.393 e. The molecule has 1 heteroatoms. The van der Waals surface area contributed by atoms with E-state index < -0.39 is 0 Å². The van der Waals surface area contributed by atoms with Crippen LogP contribution in [0.3, 0.4) is 0 Å². The molecule has 8 aliphatic rings. The molecule has 0 radical (unpaired) electrons. The van der Waals surface area contributed by atoms with Crippen molar-refractivity contribution in [3.63, 3.8) is 0 Å². The standard InChI is InChI=1S/4C11H20.C10H20O.C10H20.2C10H18.8CH4/c4*1-8(2)11-6-5-9(3)7-10(11)4;1-7(2)9-5-4-8(3)6-10(9)11;3*1-8(2)10-6-4-9(3)5-7-10;;;;;;;;/h4*5,8,10-11H,6-7H2,1-4H3;7-11H,4-6H2,1-3H3;8-10H,4-7H2,1-3H3;2*4,8,10H,5-7H2,1-3H3;8*1H4/t2*10-,11+;2*10-,11-;8-,9+,10+;;2*10-;;;;;;;;/m10101.10......../s1. The lowest BCUT2D eigenvalue weighted by molar-refractivity contribution is 0.0266. The van der Waals surface area contributed by atoms with Crippen LogP contribution in [0.1, 0.15) is 388 Å². The fourth-order valence-electron chi connectivity index (χ4n) is 16.3. The van der Waals surface area contributed by atoms with Crippen LogP contribution in [0.5, 0.6) is 0 Å². The van der Waals surface area contributed by atoms with E-state index in [9.17, 15) is 5.11 Å². The van der Waals surface area contributed by atoms with Crippen LogP contribution >= 0.6 is 0 Å². The predicted octanol–water partition coefficient (Wildman–Crippen LogP) is 32.3. The molecule has 0 saturated heterocycles. The van der Waals surface area contributed by atoms with Crippen LogP contribution in [-0.2, 0) is 0 Å². The van der Waals surface area contributed by atoms with Gasteiger partial charge in [0.2, 0.25) is 0 Å². The van der Waals surface area contributed by atoms with Crippen molar-refractivity contribution in [2.24, 2.45) is 130 Å². The summed E-state index contributed by atoms with van der Waals surface area (Å²) in [4.78, 5) is 0. The van der Waals surface area contributed by atoms with Gasteiger partial charge in [-0.1, -0.05) is 301 Å². The van der Waals surface area contributed by atoms with Gasteiger partial charge in [0.1, 0.15) is 0 Å². The first-order chi connectivity index (χ1) is 39.6. The summed E-state index contributed by atoms with van der Waals surface area (Å²) in [7, 11) is 0. The fraction of sp³-hybridized carbons (Fsp3) is 0.870. The van der Waals surface area contributed by atoms with Crippen LogP contribution < -0.4 is 0 Å². The lowest BCUT2D eigenvalue weighted by atomic mass is 9.75. The highest BCUT2D eigenvalue weighted by Crippen LogP contribution is 2.39. The number of aliphatic hydroxyl groups excluding tert-OH is 1. The molecule has 2 fully saturated rings. The van der Waals surface area contributed by atoms with Crippen molar-refractivity contribution in [2.45, 2.75) is 394 Å². The molecule has 2 saturated carbocycles. The molecule has 0 amide bonds. The van der Waals surface area contributed by atoms with Crippen LogP contribution in [-0.4, -0.2) is 11.2 Å². The van der Waals surface area contributed by atoms with Crippen LogP contribution in [0.25, 0.3) is 0 Å². The van der Waals surface area contributed by atoms with Crippen molar-refractivity contribution >= 4 is 0 Å². The van der Waals surface area contributed by atoms with Gasteiger partial charge in [0.05, 0.1) is 6.10 Å². The highest BCUT2D eigenvalue weighted by atomic mass is 16.3. The Morgan fingerprint density at radius 2 is 0.505 bits per heavy atom. The monoisotopic (exact) mass is 1310 g/mol. The minimum absolute atomic E-state index is 0. The summed E-state index contributed by atoms with van der Waals surface area (Å²) >= 11 is 0. The average molecular weight is 1310 g/mol. The molecule has 562 valence electrons. The SMILES string of the molecule is C.C.C.C.C.C.C.C.CC(C)[C@@H]1CC[C@@H](C)C[C@@H]1O.CC1=CC[C@@H](C(C)C)CC1.CC1=CC[C@@H](C(C)C)[C@@H](C)C1.CC1=CC[C@@H](C(C)C)[C@H](C)C1.CC1=CC[C@H](C(C)C)CC1.CC1=CC[C@H](C(C)C)[C@@H](C)C1.CC1=CC[C@H](C(C)C)[C@H](C)C1.CC1CCC(C(C)C)CC1. The molecular formula is C92H188O. The van der Waals surface area contributed by atoms with Gasteiger partial charge in [0.25, 0.3) is 0 Å². The highest BCUT2D eigenvalue weighted by molar-refractivity contribution is 5.09. The number of hydrogen-bond acceptors (Lipinski definition) is 1. The molecular weight excluding hydrogens is 1120 g/mol. The molecule has 0 aromatic carbocycles. The Bertz CT molecular complexity index is 1720. The third-order valence-corrected chi connectivity index (χ3v) is 23.1. The van der Waals surface area contributed by atoms with Crippen LogP contribution in [0.4, 0.5) is 0 Å². The second-order valence-electron chi connectivity index (χ2n) is 33.8. The molecule has 8 rings (SSSR count). The first kappa shape index (κ1) is 107. The number of hydrogen-bond donors (Lipinski definition) is 1. The summed E-state index contributed by atoms with van der Waals surface area (Å²) in [5.74, 6) is 19.4. The number of aliphatic hydroxyl groups is 1. The molecule has 0 aliphatic heterocycles. The smallest absolute Gasteiger partial charge is 0.0573 e. The lowest BCUT2D eigenvalue weighted by Crippen LogP contribution is -2.31. The van der Waals surface area contributed by atoms with E-state index in [0.29, 0.717) is 11.8 Å². The normalized spacial score (nSPS) is 29.5. The Hall–Kier alpha value is -1.60. The number of rotatable bonds is 8. The third kappa shape index (κ3) is 44.9. The van der Waals surface area contributed by atoms with Gasteiger partial charge in [0, 0.05) is 0 Å². The van der Waals surface area contributed by atoms with E-state index in [1.807, 2.05) is 0 Å². The van der Waals surface area contributed by atoms with Gasteiger partial charge in [-0.2, -0.15) is 0 Å². The first-order valence-corrected chi connectivity index (χ1v) is 37.3. The highest BCUT2D eigenvalue weighted by Gasteiger charge is 2.30. The lowest BCUT2D eigenvalue weighted by Gasteiger charge is -2.33. The van der Waals surface area contributed by atoms with E-state index in [2.05, 4.69) is 230 Å². The molecule has 0 unspecified atom stereocenters. The average Bonchev–Trinajstić information content (AvgIpc) is 1.26. The van der Waals surface area contributed by atoms with Gasteiger partial charge in [-0.3, -0.25) is 0 Å². The summed E-state index contributed by atoms with van der Waals surface area (Å²) in [5.41, 5.74) is 9.56. The zero-order chi connectivity index (χ0) is 64.8. The van der Waals surface area contributed by atoms with Crippen molar-refractivity contribution < 1.29 is 5.11 Å². The largest absolute Gasteiger partial charge is 0.393 e. The van der Waals surface area contributed by atoms with Crippen molar-refractivity contribution in [1.82, 2.24) is 0 Å². The zero-order valence-electron chi connectivity index (χ0n) is 63.0. The van der Waals surface area contributed by atoms with Crippen molar-refractivity contribution in [3.05, 3.63) is 69.9 Å². The Morgan fingerprint density at radius 1 is 0.269 bits per heavy atom. The minimum atomic E-state index is -0.0289. The van der Waals surface area contributed by atoms with Gasteiger partial charge in [-0.15, -0.1) is 0 Å². The van der Waals surface area contributed by atoms with Crippen molar-refractivity contribution in [2.75, 3.05) is 0 Å². The summed E-state index contributed by atoms with van der Waals surface area (Å²) in [5, 5.41) is 9.71. The fourth-order valence-corrected chi connectivity index (χ4v) is 16.3. The summed E-state index contributed by atoms with van der Waals surface area (Å²) in [6, 6.07) is 0. The third-order valence-electron chi connectivity index (χ3n) is 23.1. The summed E-state index contributed by atoms with van der Waals surface area (Å²) in [6.45, 7) is 64.9. The Labute approximate surface area is 596 Å². The summed E-state index contributed by atoms with van der Waals surface area (Å²) < 4.78 is 0. The Kier molecular flexibility index (Phi) is 66.0. The van der Waals surface area contributed by atoms with Gasteiger partial charge >= 0.3 is 0 Å². The van der Waals surface area contributed by atoms with Crippen molar-refractivity contribution in [1.29, 1.82) is 0 Å². The molecule has 0 spiro atoms. The van der Waals surface area contributed by atoms with E-state index in [1.165, 1.54) is 128 Å². The van der Waals surface area contributed by atoms with E-state index in [0.717, 1.165) is 125 Å². The molecule has 1 N–H and O–H groups in total. The summed E-state index contributed by atoms with van der Waals surface area (Å²) in [6.07, 6.45) is 42.6. The topological polar surface area (TPSA) is 20.2 Å². The Balaban J connectivity index is -0.000000146. The Morgan fingerprint density at radius 3 is 0.699 bits per heavy atom. The van der Waals surface area contributed by atoms with Gasteiger partial charge in [-0.25, -0.2) is 0 Å². The second kappa shape index (κ2) is 57.2. The maximum atomic E-state index is 9.71. The molecule has 93 heavy (non-hydrogen) atoms. The van der Waals surface area contributed by atoms with Crippen molar-refractivity contribution in [3.8, 4) is 0 Å². The maximum absolute atomic E-state index is 9.71. The molecule has 0 aromatic heterocycles. The zero-order valence-corrected chi connectivity index (χ0v) is 63.0. The predicted molar refractivity (Wildman–Crippen MR) is 441 cm³/mol. The second-order valence-corrected chi connectivity index (χ2v) is 33.8. The van der Waals surface area contributed by atoms with Crippen LogP contribution in [0.2, 0.25) is 0 Å². The first-order valence-electron chi connectivity index (χ1n) is 37.3. The quantitative estimate of drug-likeness (QED) is 0.240. The van der Waals surface area contributed by atoms with Gasteiger partial charge < -0.3 is 5.11 Å². The van der Waals surface area contributed by atoms with Gasteiger partial charge in [0.15, 0.2) is 0 Å². The van der Waals surface area contributed by atoms with E-state index in [-0.39, 0.29) is 65.5 Å². The maximum Gasteiger partial charge on any atom is 0.0573 e. The number of allylic oxidation sites excluding steroid dienone is 12. The molecule has 0 aromatic rings. The molecule has 13 atom stereocenters. The molecule has 1 nitrogen and oxygen atoms in total. The van der Waals surface area contributed by atoms with Gasteiger partial charge in [-0.05, 0) is 287 Å². The molecule has 8 aliphatic carbocycles. The van der Waals surface area contributed by atoms with Crippen LogP contribution in [0, 0.1) is 130 Å². The van der Waals surface area contributed by atoms with Crippen LogP contribution in [0.15, 0.2) is 69.9 Å². The van der Waals surface area contributed by atoms with E-state index in [4.69, 9.17) is 0 Å². The molecule has 0 heterocycles. The van der Waals surface area contributed by atoms with E-state index in [1.54, 1.807) is 33.4 Å².